The summed E-state index contributed by atoms with van der Waals surface area (Å²) in [6.45, 7) is 8.17. The average Bonchev–Trinajstić information content (AvgIpc) is 2.88. The molecule has 1 aromatic rings. The van der Waals surface area contributed by atoms with Crippen LogP contribution in [0.25, 0.3) is 0 Å². The Bertz CT molecular complexity index is 344. The maximum atomic E-state index is 3.66. The summed E-state index contributed by atoms with van der Waals surface area (Å²) in [6, 6.07) is 2.91. The maximum absolute atomic E-state index is 3.66. The van der Waals surface area contributed by atoms with Crippen molar-refractivity contribution in [3.05, 3.63) is 22.4 Å². The fraction of sp³-hybridized carbons (Fsp3) is 0.765. The van der Waals surface area contributed by atoms with E-state index in [-0.39, 0.29) is 0 Å². The summed E-state index contributed by atoms with van der Waals surface area (Å²) in [4.78, 5) is 0. The topological polar surface area (TPSA) is 12.0 Å². The number of hydrogen-bond acceptors (Lipinski definition) is 2. The zero-order valence-electron chi connectivity index (χ0n) is 12.7. The Morgan fingerprint density at radius 3 is 2.84 bits per heavy atom. The Hall–Kier alpha value is -0.340. The van der Waals surface area contributed by atoms with E-state index in [1.165, 1.54) is 38.6 Å². The Balaban J connectivity index is 1.84. The molecule has 0 aliphatic heterocycles. The largest absolute Gasteiger partial charge is 0.314 e. The Labute approximate surface area is 122 Å². The van der Waals surface area contributed by atoms with Crippen molar-refractivity contribution in [3.63, 3.8) is 0 Å². The van der Waals surface area contributed by atoms with E-state index < -0.39 is 0 Å². The van der Waals surface area contributed by atoms with E-state index in [1.54, 1.807) is 5.56 Å². The first-order chi connectivity index (χ1) is 9.15. The molecule has 1 N–H and O–H groups in total. The number of thiophene rings is 1. The van der Waals surface area contributed by atoms with Crippen LogP contribution >= 0.6 is 11.3 Å². The molecule has 0 saturated heterocycles. The molecule has 0 radical (unpaired) electrons. The van der Waals surface area contributed by atoms with Crippen LogP contribution in [0.1, 0.15) is 52.0 Å². The number of hydrogen-bond donors (Lipinski definition) is 1. The summed E-state index contributed by atoms with van der Waals surface area (Å²) in [5, 5.41) is 8.17. The second-order valence-electron chi connectivity index (χ2n) is 6.67. The van der Waals surface area contributed by atoms with Crippen LogP contribution in [0.15, 0.2) is 16.8 Å². The van der Waals surface area contributed by atoms with Crippen LogP contribution in [0.5, 0.6) is 0 Å². The highest BCUT2D eigenvalue weighted by Crippen LogP contribution is 2.36. The Kier molecular flexibility index (Phi) is 5.90. The minimum Gasteiger partial charge on any atom is -0.314 e. The van der Waals surface area contributed by atoms with Crippen LogP contribution in [0.2, 0.25) is 0 Å². The van der Waals surface area contributed by atoms with Gasteiger partial charge in [0.2, 0.25) is 0 Å². The van der Waals surface area contributed by atoms with E-state index in [9.17, 15) is 0 Å². The van der Waals surface area contributed by atoms with E-state index in [0.717, 1.165) is 17.8 Å². The standard InChI is InChI=1S/C17H29NS/c1-13(2)18-11-17-6-4-14(3)10-16(17)7-5-15-8-9-19-12-15/h8-9,12-14,16-18H,4-7,10-11H2,1-3H3. The van der Waals surface area contributed by atoms with Gasteiger partial charge in [-0.3, -0.25) is 0 Å². The summed E-state index contributed by atoms with van der Waals surface area (Å²) in [6.07, 6.45) is 6.95. The van der Waals surface area contributed by atoms with Crippen LogP contribution in [-0.4, -0.2) is 12.6 Å². The number of nitrogens with one attached hydrogen (secondary N) is 1. The molecule has 1 fully saturated rings. The normalized spacial score (nSPS) is 27.9. The Morgan fingerprint density at radius 2 is 2.16 bits per heavy atom. The molecule has 0 amide bonds. The fourth-order valence-electron chi connectivity index (χ4n) is 3.36. The van der Waals surface area contributed by atoms with Gasteiger partial charge in [0.15, 0.2) is 0 Å². The molecule has 2 rings (SSSR count). The molecular formula is C17H29NS. The van der Waals surface area contributed by atoms with Gasteiger partial charge < -0.3 is 5.32 Å². The lowest BCUT2D eigenvalue weighted by Crippen LogP contribution is -2.35. The Morgan fingerprint density at radius 1 is 1.32 bits per heavy atom. The van der Waals surface area contributed by atoms with Crippen molar-refractivity contribution >= 4 is 11.3 Å². The van der Waals surface area contributed by atoms with Crippen molar-refractivity contribution in [1.29, 1.82) is 0 Å². The first kappa shape index (κ1) is 15.1. The molecule has 108 valence electrons. The second kappa shape index (κ2) is 7.44. The predicted molar refractivity (Wildman–Crippen MR) is 85.8 cm³/mol. The molecule has 3 unspecified atom stereocenters. The van der Waals surface area contributed by atoms with Gasteiger partial charge in [-0.05, 0) is 72.4 Å². The van der Waals surface area contributed by atoms with Crippen LogP contribution in [0, 0.1) is 17.8 Å². The van der Waals surface area contributed by atoms with Gasteiger partial charge in [-0.1, -0.05) is 27.2 Å². The highest BCUT2D eigenvalue weighted by atomic mass is 32.1. The van der Waals surface area contributed by atoms with Gasteiger partial charge in [-0.2, -0.15) is 11.3 Å². The van der Waals surface area contributed by atoms with Crippen LogP contribution in [-0.2, 0) is 6.42 Å². The lowest BCUT2D eigenvalue weighted by atomic mass is 9.72. The molecule has 1 saturated carbocycles. The van der Waals surface area contributed by atoms with Crippen molar-refractivity contribution in [2.45, 2.75) is 58.9 Å². The summed E-state index contributed by atoms with van der Waals surface area (Å²) in [7, 11) is 0. The number of aryl methyl sites for hydroxylation is 1. The maximum Gasteiger partial charge on any atom is 0.00104 e. The summed E-state index contributed by atoms with van der Waals surface area (Å²) in [5.41, 5.74) is 1.54. The molecule has 0 spiro atoms. The minimum atomic E-state index is 0.622. The third-order valence-corrected chi connectivity index (χ3v) is 5.31. The second-order valence-corrected chi connectivity index (χ2v) is 7.45. The first-order valence-corrected chi connectivity index (χ1v) is 8.84. The van der Waals surface area contributed by atoms with Crippen molar-refractivity contribution in [3.8, 4) is 0 Å². The SMILES string of the molecule is CC1CCC(CNC(C)C)C(CCc2ccsc2)C1. The van der Waals surface area contributed by atoms with Gasteiger partial charge in [0.1, 0.15) is 0 Å². The smallest absolute Gasteiger partial charge is 0.00104 e. The zero-order valence-corrected chi connectivity index (χ0v) is 13.5. The molecule has 19 heavy (non-hydrogen) atoms. The van der Waals surface area contributed by atoms with Crippen molar-refractivity contribution in [2.75, 3.05) is 6.54 Å². The molecule has 1 aliphatic carbocycles. The zero-order chi connectivity index (χ0) is 13.7. The molecule has 3 atom stereocenters. The third-order valence-electron chi connectivity index (χ3n) is 4.57. The average molecular weight is 279 g/mol. The van der Waals surface area contributed by atoms with Crippen LogP contribution in [0.3, 0.4) is 0 Å². The van der Waals surface area contributed by atoms with E-state index in [4.69, 9.17) is 0 Å². The molecule has 0 bridgehead atoms. The fourth-order valence-corrected chi connectivity index (χ4v) is 4.06. The van der Waals surface area contributed by atoms with Gasteiger partial charge in [-0.25, -0.2) is 0 Å². The van der Waals surface area contributed by atoms with Gasteiger partial charge in [0.05, 0.1) is 0 Å². The summed E-state index contributed by atoms with van der Waals surface area (Å²) in [5.74, 6) is 2.76. The molecule has 2 heteroatoms. The van der Waals surface area contributed by atoms with Crippen molar-refractivity contribution < 1.29 is 0 Å². The highest BCUT2D eigenvalue weighted by Gasteiger charge is 2.28. The number of rotatable bonds is 6. The molecule has 1 heterocycles. The van der Waals surface area contributed by atoms with Gasteiger partial charge in [0.25, 0.3) is 0 Å². The van der Waals surface area contributed by atoms with E-state index in [1.807, 2.05) is 11.3 Å². The monoisotopic (exact) mass is 279 g/mol. The molecule has 1 nitrogen and oxygen atoms in total. The summed E-state index contributed by atoms with van der Waals surface area (Å²) >= 11 is 1.83. The molecule has 1 aliphatic rings. The van der Waals surface area contributed by atoms with Crippen LogP contribution in [0.4, 0.5) is 0 Å². The van der Waals surface area contributed by atoms with Crippen LogP contribution < -0.4 is 5.32 Å². The lowest BCUT2D eigenvalue weighted by molar-refractivity contribution is 0.172. The summed E-state index contributed by atoms with van der Waals surface area (Å²) < 4.78 is 0. The highest BCUT2D eigenvalue weighted by molar-refractivity contribution is 7.07. The van der Waals surface area contributed by atoms with Gasteiger partial charge in [-0.15, -0.1) is 0 Å². The lowest BCUT2D eigenvalue weighted by Gasteiger charge is -2.35. The van der Waals surface area contributed by atoms with E-state index in [0.29, 0.717) is 6.04 Å². The quantitative estimate of drug-likeness (QED) is 0.793. The predicted octanol–water partition coefficient (Wildman–Crippen LogP) is 4.73. The van der Waals surface area contributed by atoms with Crippen molar-refractivity contribution in [2.24, 2.45) is 17.8 Å². The molecule has 0 aromatic carbocycles. The third kappa shape index (κ3) is 4.92. The van der Waals surface area contributed by atoms with Gasteiger partial charge >= 0.3 is 0 Å². The molecule has 1 aromatic heterocycles. The first-order valence-electron chi connectivity index (χ1n) is 7.89. The minimum absolute atomic E-state index is 0.622. The van der Waals surface area contributed by atoms with Crippen molar-refractivity contribution in [1.82, 2.24) is 5.32 Å². The van der Waals surface area contributed by atoms with E-state index in [2.05, 4.69) is 42.9 Å². The van der Waals surface area contributed by atoms with Gasteiger partial charge in [0, 0.05) is 6.04 Å². The molecular weight excluding hydrogens is 250 g/mol. The van der Waals surface area contributed by atoms with E-state index >= 15 is 0 Å².